The maximum atomic E-state index is 12.2. The maximum Gasteiger partial charge on any atom is 0.322 e. The Labute approximate surface area is 145 Å². The number of hydrogen-bond donors (Lipinski definition) is 1. The van der Waals surface area contributed by atoms with Crippen LogP contribution in [0.1, 0.15) is 16.7 Å². The maximum absolute atomic E-state index is 12.2. The van der Waals surface area contributed by atoms with Crippen LogP contribution in [0.4, 0.5) is 6.01 Å². The van der Waals surface area contributed by atoms with Crippen molar-refractivity contribution in [2.24, 2.45) is 0 Å². The van der Waals surface area contributed by atoms with Gasteiger partial charge in [0.25, 0.3) is 0 Å². The van der Waals surface area contributed by atoms with E-state index in [0.717, 1.165) is 16.7 Å². The van der Waals surface area contributed by atoms with Gasteiger partial charge >= 0.3 is 6.01 Å². The van der Waals surface area contributed by atoms with Crippen LogP contribution in [0.5, 0.6) is 5.75 Å². The van der Waals surface area contributed by atoms with Gasteiger partial charge in [0.15, 0.2) is 0 Å². The predicted molar refractivity (Wildman–Crippen MR) is 94.5 cm³/mol. The first-order valence-electron chi connectivity index (χ1n) is 7.89. The predicted octanol–water partition coefficient (Wildman–Crippen LogP) is 3.54. The van der Waals surface area contributed by atoms with E-state index in [4.69, 9.17) is 9.15 Å². The quantitative estimate of drug-likeness (QED) is 0.770. The number of nitrogens with one attached hydrogen (secondary N) is 1. The van der Waals surface area contributed by atoms with Crippen molar-refractivity contribution in [1.82, 2.24) is 10.2 Å². The Kier molecular flexibility index (Phi) is 4.79. The van der Waals surface area contributed by atoms with Crippen molar-refractivity contribution in [2.75, 3.05) is 12.4 Å². The number of methoxy groups -OCH3 is 1. The third-order valence-corrected chi connectivity index (χ3v) is 3.84. The molecule has 0 aliphatic rings. The number of hydrogen-bond acceptors (Lipinski definition) is 5. The van der Waals surface area contributed by atoms with Crippen molar-refractivity contribution in [1.29, 1.82) is 0 Å². The molecule has 0 fully saturated rings. The van der Waals surface area contributed by atoms with E-state index in [1.807, 2.05) is 44.2 Å². The van der Waals surface area contributed by atoms with E-state index in [-0.39, 0.29) is 18.3 Å². The fraction of sp³-hybridized carbons (Fsp3) is 0.211. The molecular weight excluding hydrogens is 318 g/mol. The third kappa shape index (κ3) is 4.03. The van der Waals surface area contributed by atoms with E-state index in [9.17, 15) is 4.79 Å². The Bertz CT molecular complexity index is 902. The molecule has 25 heavy (non-hydrogen) atoms. The normalized spacial score (nSPS) is 10.5. The summed E-state index contributed by atoms with van der Waals surface area (Å²) in [7, 11) is 1.59. The highest BCUT2D eigenvalue weighted by molar-refractivity contribution is 5.90. The Morgan fingerprint density at radius 1 is 1.16 bits per heavy atom. The van der Waals surface area contributed by atoms with E-state index < -0.39 is 0 Å². The second kappa shape index (κ2) is 7.17. The van der Waals surface area contributed by atoms with Crippen LogP contribution in [-0.2, 0) is 11.2 Å². The Hall–Kier alpha value is -3.15. The molecule has 0 saturated heterocycles. The summed E-state index contributed by atoms with van der Waals surface area (Å²) in [4.78, 5) is 12.2. The van der Waals surface area contributed by atoms with Gasteiger partial charge in [-0.1, -0.05) is 34.9 Å². The number of aromatic nitrogens is 2. The number of ether oxygens (including phenoxy) is 1. The molecule has 1 heterocycles. The number of amides is 1. The van der Waals surface area contributed by atoms with Gasteiger partial charge < -0.3 is 9.15 Å². The van der Waals surface area contributed by atoms with Crippen LogP contribution < -0.4 is 10.1 Å². The molecule has 1 amide bonds. The van der Waals surface area contributed by atoms with E-state index in [0.29, 0.717) is 11.6 Å². The summed E-state index contributed by atoms with van der Waals surface area (Å²) >= 11 is 0. The van der Waals surface area contributed by atoms with Gasteiger partial charge in [-0.25, -0.2) is 0 Å². The minimum atomic E-state index is -0.201. The van der Waals surface area contributed by atoms with E-state index in [2.05, 4.69) is 21.6 Å². The minimum Gasteiger partial charge on any atom is -0.497 e. The van der Waals surface area contributed by atoms with Crippen molar-refractivity contribution < 1.29 is 13.9 Å². The molecule has 1 aromatic heterocycles. The monoisotopic (exact) mass is 337 g/mol. The van der Waals surface area contributed by atoms with Gasteiger partial charge in [-0.15, -0.1) is 5.10 Å². The lowest BCUT2D eigenvalue weighted by Gasteiger charge is -2.06. The highest BCUT2D eigenvalue weighted by Gasteiger charge is 2.13. The van der Waals surface area contributed by atoms with Crippen LogP contribution in [0.3, 0.4) is 0 Å². The zero-order valence-electron chi connectivity index (χ0n) is 14.4. The zero-order chi connectivity index (χ0) is 17.8. The lowest BCUT2D eigenvalue weighted by Crippen LogP contribution is -2.15. The summed E-state index contributed by atoms with van der Waals surface area (Å²) in [5.41, 5.74) is 3.94. The lowest BCUT2D eigenvalue weighted by atomic mass is 10.0. The summed E-state index contributed by atoms with van der Waals surface area (Å²) in [5, 5.41) is 10.5. The number of aryl methyl sites for hydroxylation is 2. The number of benzene rings is 2. The number of nitrogens with zero attached hydrogens (tertiary/aromatic N) is 2. The van der Waals surface area contributed by atoms with Gasteiger partial charge in [0.2, 0.25) is 11.8 Å². The molecule has 0 spiro atoms. The van der Waals surface area contributed by atoms with Gasteiger partial charge in [-0.05, 0) is 43.2 Å². The van der Waals surface area contributed by atoms with Gasteiger partial charge in [0.05, 0.1) is 13.5 Å². The zero-order valence-corrected chi connectivity index (χ0v) is 14.4. The van der Waals surface area contributed by atoms with E-state index >= 15 is 0 Å². The molecule has 0 unspecified atom stereocenters. The van der Waals surface area contributed by atoms with Crippen molar-refractivity contribution in [3.8, 4) is 17.2 Å². The van der Waals surface area contributed by atoms with E-state index in [1.165, 1.54) is 5.56 Å². The van der Waals surface area contributed by atoms with Crippen molar-refractivity contribution in [3.63, 3.8) is 0 Å². The third-order valence-electron chi connectivity index (χ3n) is 3.84. The number of carbonyl (C=O) groups is 1. The van der Waals surface area contributed by atoms with Crippen LogP contribution in [-0.4, -0.2) is 23.2 Å². The van der Waals surface area contributed by atoms with Gasteiger partial charge in [0.1, 0.15) is 5.75 Å². The summed E-state index contributed by atoms with van der Waals surface area (Å²) in [6.07, 6.45) is 0.253. The Morgan fingerprint density at radius 3 is 2.76 bits per heavy atom. The SMILES string of the molecule is COc1cccc(-c2nnc(NC(=O)Cc3ccc(C)cc3C)o2)c1. The van der Waals surface area contributed by atoms with Crippen LogP contribution in [0.2, 0.25) is 0 Å². The average molecular weight is 337 g/mol. The molecule has 1 N–H and O–H groups in total. The lowest BCUT2D eigenvalue weighted by molar-refractivity contribution is -0.115. The molecule has 6 heteroatoms. The fourth-order valence-corrected chi connectivity index (χ4v) is 2.53. The molecule has 0 atom stereocenters. The molecule has 0 aliphatic heterocycles. The molecule has 128 valence electrons. The second-order valence-electron chi connectivity index (χ2n) is 5.80. The second-order valence-corrected chi connectivity index (χ2v) is 5.80. The van der Waals surface area contributed by atoms with Crippen LogP contribution in [0.25, 0.3) is 11.5 Å². The first-order valence-corrected chi connectivity index (χ1v) is 7.89. The first kappa shape index (κ1) is 16.7. The standard InChI is InChI=1S/C19H19N3O3/c1-12-7-8-14(13(2)9-12)11-17(23)20-19-22-21-18(25-19)15-5-4-6-16(10-15)24-3/h4-10H,11H2,1-3H3,(H,20,22,23). The van der Waals surface area contributed by atoms with Crippen LogP contribution in [0, 0.1) is 13.8 Å². The molecule has 6 nitrogen and oxygen atoms in total. The number of rotatable bonds is 5. The van der Waals surface area contributed by atoms with Crippen LogP contribution in [0.15, 0.2) is 46.9 Å². The number of carbonyl (C=O) groups excluding carboxylic acids is 1. The number of anilines is 1. The Balaban J connectivity index is 1.69. The van der Waals surface area contributed by atoms with Crippen molar-refractivity contribution in [3.05, 3.63) is 59.2 Å². The summed E-state index contributed by atoms with van der Waals surface area (Å²) in [5.74, 6) is 0.810. The van der Waals surface area contributed by atoms with Crippen molar-refractivity contribution >= 4 is 11.9 Å². The molecule has 0 saturated carbocycles. The van der Waals surface area contributed by atoms with Gasteiger partial charge in [-0.3, -0.25) is 10.1 Å². The smallest absolute Gasteiger partial charge is 0.322 e. The minimum absolute atomic E-state index is 0.0765. The van der Waals surface area contributed by atoms with Crippen LogP contribution >= 0.6 is 0 Å². The largest absolute Gasteiger partial charge is 0.497 e. The topological polar surface area (TPSA) is 77.3 Å². The van der Waals surface area contributed by atoms with Crippen molar-refractivity contribution in [2.45, 2.75) is 20.3 Å². The molecule has 3 rings (SSSR count). The molecule has 3 aromatic rings. The van der Waals surface area contributed by atoms with Gasteiger partial charge in [-0.2, -0.15) is 0 Å². The molecule has 0 aliphatic carbocycles. The molecule has 2 aromatic carbocycles. The average Bonchev–Trinajstić information content (AvgIpc) is 3.06. The molecule has 0 radical (unpaired) electrons. The first-order chi connectivity index (χ1) is 12.0. The summed E-state index contributed by atoms with van der Waals surface area (Å²) in [6.45, 7) is 4.01. The van der Waals surface area contributed by atoms with Gasteiger partial charge in [0, 0.05) is 5.56 Å². The summed E-state index contributed by atoms with van der Waals surface area (Å²) < 4.78 is 10.7. The fourth-order valence-electron chi connectivity index (χ4n) is 2.53. The highest BCUT2D eigenvalue weighted by atomic mass is 16.5. The van der Waals surface area contributed by atoms with E-state index in [1.54, 1.807) is 13.2 Å². The molecule has 0 bridgehead atoms. The summed E-state index contributed by atoms with van der Waals surface area (Å²) in [6, 6.07) is 13.3. The molecular formula is C19H19N3O3. The highest BCUT2D eigenvalue weighted by Crippen LogP contribution is 2.24. The Morgan fingerprint density at radius 2 is 2.00 bits per heavy atom.